The Balaban J connectivity index is 1.79. The van der Waals surface area contributed by atoms with E-state index >= 15 is 0 Å². The molecule has 3 saturated heterocycles. The summed E-state index contributed by atoms with van der Waals surface area (Å²) in [7, 11) is 2.93. The largest absolute Gasteiger partial charge is 0.394 e. The van der Waals surface area contributed by atoms with Gasteiger partial charge in [0, 0.05) is 38.4 Å². The SMILES string of the molecule is C=C1C[C@](OC)([C@H](O)C(=O)N[C@H]2OCO[C@@H]3[C@@H]2O[C@H](C[C@@H](O)CO)C(C)(C)[C@@H]3OC)O[C@H](C)[C@@H]1C. The molecule has 3 aliphatic heterocycles. The summed E-state index contributed by atoms with van der Waals surface area (Å²) < 4.78 is 35.0. The first-order valence-corrected chi connectivity index (χ1v) is 12.0. The molecule has 0 aromatic carbocycles. The van der Waals surface area contributed by atoms with Crippen molar-refractivity contribution in [3.63, 3.8) is 0 Å². The van der Waals surface area contributed by atoms with Crippen LogP contribution in [0.3, 0.4) is 0 Å². The highest BCUT2D eigenvalue weighted by atomic mass is 16.7. The van der Waals surface area contributed by atoms with Crippen molar-refractivity contribution in [3.05, 3.63) is 12.2 Å². The highest BCUT2D eigenvalue weighted by Gasteiger charge is 2.57. The zero-order valence-electron chi connectivity index (χ0n) is 21.4. The van der Waals surface area contributed by atoms with Crippen molar-refractivity contribution in [3.8, 4) is 0 Å². The minimum absolute atomic E-state index is 0.0456. The van der Waals surface area contributed by atoms with Crippen LogP contribution in [0.25, 0.3) is 0 Å². The molecule has 10 atom stereocenters. The Morgan fingerprint density at radius 1 is 1.23 bits per heavy atom. The van der Waals surface area contributed by atoms with Crippen molar-refractivity contribution >= 4 is 5.91 Å². The Morgan fingerprint density at radius 3 is 2.49 bits per heavy atom. The number of amides is 1. The van der Waals surface area contributed by atoms with Crippen molar-refractivity contribution in [2.24, 2.45) is 11.3 Å². The van der Waals surface area contributed by atoms with Gasteiger partial charge in [0.1, 0.15) is 19.0 Å². The second-order valence-corrected chi connectivity index (χ2v) is 10.3. The zero-order valence-corrected chi connectivity index (χ0v) is 21.4. The molecular formula is C24H41NO10. The Morgan fingerprint density at radius 2 is 1.91 bits per heavy atom. The number of methoxy groups -OCH3 is 2. The van der Waals surface area contributed by atoms with Crippen LogP contribution in [0.2, 0.25) is 0 Å². The van der Waals surface area contributed by atoms with Gasteiger partial charge in [-0.25, -0.2) is 0 Å². The standard InChI is InChI=1S/C24H41NO10/c1-12-9-24(31-7,35-14(3)13(12)2)19(28)21(29)25-22-18-17(32-11-33-22)20(30-6)23(4,5)16(34-18)8-15(27)10-26/h13-20,22,26-28H,1,8-11H2,2-7H3,(H,25,29)/t13-,14-,15-,16-,17-,18+,19-,20-,22+,24-/m1/s1. The average Bonchev–Trinajstić information content (AvgIpc) is 2.82. The number of fused-ring (bicyclic) bond motifs is 1. The Labute approximate surface area is 206 Å². The molecule has 3 heterocycles. The number of hydrogen-bond donors (Lipinski definition) is 4. The molecule has 0 aliphatic carbocycles. The van der Waals surface area contributed by atoms with Crippen molar-refractivity contribution in [1.29, 1.82) is 0 Å². The molecule has 0 radical (unpaired) electrons. The first kappa shape index (κ1) is 28.4. The quantitative estimate of drug-likeness (QED) is 0.336. The third-order valence-electron chi connectivity index (χ3n) is 7.77. The van der Waals surface area contributed by atoms with E-state index in [-0.39, 0.29) is 31.7 Å². The predicted molar refractivity (Wildman–Crippen MR) is 123 cm³/mol. The minimum atomic E-state index is -1.67. The van der Waals surface area contributed by atoms with E-state index in [1.54, 1.807) is 7.11 Å². The minimum Gasteiger partial charge on any atom is -0.394 e. The van der Waals surface area contributed by atoms with E-state index in [0.717, 1.165) is 5.57 Å². The molecule has 0 bridgehead atoms. The third-order valence-corrected chi connectivity index (χ3v) is 7.77. The molecule has 1 amide bonds. The van der Waals surface area contributed by atoms with E-state index in [4.69, 9.17) is 28.4 Å². The molecule has 0 aromatic rings. The van der Waals surface area contributed by atoms with Gasteiger partial charge < -0.3 is 49.1 Å². The van der Waals surface area contributed by atoms with E-state index in [1.165, 1.54) is 7.11 Å². The molecule has 0 aromatic heterocycles. The molecule has 4 N–H and O–H groups in total. The van der Waals surface area contributed by atoms with Crippen molar-refractivity contribution in [2.45, 2.75) is 95.3 Å². The number of hydrogen-bond acceptors (Lipinski definition) is 10. The first-order valence-electron chi connectivity index (χ1n) is 12.0. The van der Waals surface area contributed by atoms with E-state index in [1.807, 2.05) is 27.7 Å². The molecule has 0 saturated carbocycles. The molecule has 35 heavy (non-hydrogen) atoms. The molecule has 11 nitrogen and oxygen atoms in total. The summed E-state index contributed by atoms with van der Waals surface area (Å²) in [5.41, 5.74) is 0.228. The smallest absolute Gasteiger partial charge is 0.256 e. The maximum atomic E-state index is 13.2. The fourth-order valence-corrected chi connectivity index (χ4v) is 5.26. The van der Waals surface area contributed by atoms with Crippen LogP contribution in [-0.2, 0) is 33.2 Å². The summed E-state index contributed by atoms with van der Waals surface area (Å²) >= 11 is 0. The van der Waals surface area contributed by atoms with Crippen LogP contribution < -0.4 is 5.32 Å². The lowest BCUT2D eigenvalue weighted by Crippen LogP contribution is -2.69. The van der Waals surface area contributed by atoms with Gasteiger partial charge in [-0.15, -0.1) is 0 Å². The Kier molecular flexibility index (Phi) is 8.99. The van der Waals surface area contributed by atoms with E-state index < -0.39 is 66.6 Å². The normalized spacial score (nSPS) is 41.1. The van der Waals surface area contributed by atoms with Crippen LogP contribution in [0.4, 0.5) is 0 Å². The molecule has 0 spiro atoms. The zero-order chi connectivity index (χ0) is 26.1. The molecule has 202 valence electrons. The second-order valence-electron chi connectivity index (χ2n) is 10.3. The summed E-state index contributed by atoms with van der Waals surface area (Å²) in [6, 6.07) is 0. The number of rotatable bonds is 8. The van der Waals surface area contributed by atoms with Crippen molar-refractivity contribution < 1.29 is 48.5 Å². The van der Waals surface area contributed by atoms with Crippen LogP contribution in [0.5, 0.6) is 0 Å². The first-order chi connectivity index (χ1) is 16.4. The van der Waals surface area contributed by atoms with Gasteiger partial charge in [0.2, 0.25) is 5.79 Å². The van der Waals surface area contributed by atoms with Crippen molar-refractivity contribution in [1.82, 2.24) is 5.32 Å². The lowest BCUT2D eigenvalue weighted by molar-refractivity contribution is -0.333. The molecular weight excluding hydrogens is 462 g/mol. The predicted octanol–water partition coefficient (Wildman–Crippen LogP) is 0.0582. The van der Waals surface area contributed by atoms with Gasteiger partial charge in [0.15, 0.2) is 12.3 Å². The summed E-state index contributed by atoms with van der Waals surface area (Å²) in [6.07, 6.45) is -6.03. The summed E-state index contributed by atoms with van der Waals surface area (Å²) in [5, 5.41) is 33.1. The summed E-state index contributed by atoms with van der Waals surface area (Å²) in [6.45, 7) is 11.2. The number of carbonyl (C=O) groups is 1. The average molecular weight is 504 g/mol. The lowest BCUT2D eigenvalue weighted by atomic mass is 9.72. The van der Waals surface area contributed by atoms with E-state index in [9.17, 15) is 20.1 Å². The van der Waals surface area contributed by atoms with Gasteiger partial charge >= 0.3 is 0 Å². The number of ether oxygens (including phenoxy) is 6. The van der Waals surface area contributed by atoms with Gasteiger partial charge in [-0.3, -0.25) is 4.79 Å². The Bertz CT molecular complexity index is 763. The summed E-state index contributed by atoms with van der Waals surface area (Å²) in [5.74, 6) is -2.30. The maximum absolute atomic E-state index is 13.2. The third kappa shape index (κ3) is 5.43. The number of aliphatic hydroxyl groups is 3. The maximum Gasteiger partial charge on any atom is 0.256 e. The number of nitrogens with one attached hydrogen (secondary N) is 1. The van der Waals surface area contributed by atoms with E-state index in [0.29, 0.717) is 0 Å². The Hall–Kier alpha value is -1.15. The van der Waals surface area contributed by atoms with Crippen LogP contribution in [0.1, 0.15) is 40.5 Å². The van der Waals surface area contributed by atoms with Gasteiger partial charge in [-0.05, 0) is 6.92 Å². The molecule has 3 aliphatic rings. The van der Waals surface area contributed by atoms with Gasteiger partial charge in [-0.2, -0.15) is 0 Å². The number of carbonyl (C=O) groups excluding carboxylic acids is 1. The van der Waals surface area contributed by atoms with Crippen LogP contribution in [-0.4, -0.2) is 104 Å². The summed E-state index contributed by atoms with van der Waals surface area (Å²) in [4.78, 5) is 13.2. The number of aliphatic hydroxyl groups excluding tert-OH is 3. The van der Waals surface area contributed by atoms with Crippen LogP contribution >= 0.6 is 0 Å². The highest BCUT2D eigenvalue weighted by molar-refractivity contribution is 5.82. The van der Waals surface area contributed by atoms with Crippen LogP contribution in [0, 0.1) is 11.3 Å². The lowest BCUT2D eigenvalue weighted by Gasteiger charge is -2.54. The topological polar surface area (TPSA) is 145 Å². The van der Waals surface area contributed by atoms with E-state index in [2.05, 4.69) is 11.9 Å². The van der Waals surface area contributed by atoms with Gasteiger partial charge in [0.25, 0.3) is 5.91 Å². The van der Waals surface area contributed by atoms with Gasteiger partial charge in [0.05, 0.1) is 31.0 Å². The molecule has 11 heteroatoms. The molecule has 3 rings (SSSR count). The fourth-order valence-electron chi connectivity index (χ4n) is 5.26. The monoisotopic (exact) mass is 503 g/mol. The molecule has 0 unspecified atom stereocenters. The second kappa shape index (κ2) is 11.1. The molecule has 3 fully saturated rings. The van der Waals surface area contributed by atoms with Gasteiger partial charge in [-0.1, -0.05) is 32.9 Å². The highest BCUT2D eigenvalue weighted by Crippen LogP contribution is 2.44. The fraction of sp³-hybridized carbons (Fsp3) is 0.875. The van der Waals surface area contributed by atoms with Crippen molar-refractivity contribution in [2.75, 3.05) is 27.6 Å². The van der Waals surface area contributed by atoms with Crippen LogP contribution in [0.15, 0.2) is 12.2 Å².